The number of nitrogens with one attached hydrogen (secondary N) is 2. The Balaban J connectivity index is 1.55. The van der Waals surface area contributed by atoms with Crippen LogP contribution >= 0.6 is 0 Å². The van der Waals surface area contributed by atoms with Crippen molar-refractivity contribution in [3.05, 3.63) is 78.5 Å². The van der Waals surface area contributed by atoms with Gasteiger partial charge in [-0.25, -0.2) is 0 Å². The molecule has 0 saturated heterocycles. The highest BCUT2D eigenvalue weighted by molar-refractivity contribution is 6.12. The lowest BCUT2D eigenvalue weighted by Crippen LogP contribution is -2.13. The van der Waals surface area contributed by atoms with Gasteiger partial charge in [0, 0.05) is 27.3 Å². The zero-order valence-corrected chi connectivity index (χ0v) is 18.2. The summed E-state index contributed by atoms with van der Waals surface area (Å²) in [5, 5.41) is 28.0. The second-order valence-electron chi connectivity index (χ2n) is 8.78. The van der Waals surface area contributed by atoms with Crippen molar-refractivity contribution in [2.24, 2.45) is 0 Å². The molecule has 0 fully saturated rings. The van der Waals surface area contributed by atoms with E-state index in [-0.39, 0.29) is 0 Å². The van der Waals surface area contributed by atoms with E-state index < -0.39 is 5.41 Å². The standard InChI is InChI=1S/C27H20N6/c1-27(2,15-28)18-10-7-16(8-11-18)26-24-20-13-17(9-12-21(20)29-14-23(24)31-33-26)25-19-5-3-4-6-22(19)30-32-25/h3-14H,1-2H3,(H,30,32)(H,31,33). The molecular formula is C27H20N6. The van der Waals surface area contributed by atoms with Crippen LogP contribution in [0.4, 0.5) is 0 Å². The maximum Gasteiger partial charge on any atom is 0.101 e. The minimum absolute atomic E-state index is 0.538. The fourth-order valence-electron chi connectivity index (χ4n) is 4.35. The van der Waals surface area contributed by atoms with Crippen LogP contribution in [0.5, 0.6) is 0 Å². The lowest BCUT2D eigenvalue weighted by molar-refractivity contribution is 0.687. The molecule has 0 aliphatic heterocycles. The topological polar surface area (TPSA) is 94.0 Å². The van der Waals surface area contributed by atoms with E-state index in [1.807, 2.05) is 68.6 Å². The third kappa shape index (κ3) is 2.98. The lowest BCUT2D eigenvalue weighted by Gasteiger charge is -2.15. The molecule has 3 heterocycles. The second-order valence-corrected chi connectivity index (χ2v) is 8.78. The predicted molar refractivity (Wildman–Crippen MR) is 131 cm³/mol. The van der Waals surface area contributed by atoms with Gasteiger partial charge in [0.1, 0.15) is 5.69 Å². The van der Waals surface area contributed by atoms with Crippen LogP contribution in [0.2, 0.25) is 0 Å². The monoisotopic (exact) mass is 428 g/mol. The first-order chi connectivity index (χ1) is 16.0. The summed E-state index contributed by atoms with van der Waals surface area (Å²) >= 11 is 0. The predicted octanol–water partition coefficient (Wildman–Crippen LogP) is 6.12. The van der Waals surface area contributed by atoms with Crippen molar-refractivity contribution < 1.29 is 0 Å². The quantitative estimate of drug-likeness (QED) is 0.355. The molecule has 3 aromatic carbocycles. The average Bonchev–Trinajstić information content (AvgIpc) is 3.48. The largest absolute Gasteiger partial charge is 0.277 e. The number of aromatic nitrogens is 5. The molecule has 0 amide bonds. The van der Waals surface area contributed by atoms with Gasteiger partial charge in [-0.2, -0.15) is 15.5 Å². The molecular weight excluding hydrogens is 408 g/mol. The van der Waals surface area contributed by atoms with Crippen LogP contribution in [0.25, 0.3) is 55.2 Å². The SMILES string of the molecule is CC(C)(C#N)c1ccc(-c2n[nH]c3cnc4ccc(-c5n[nH]c6ccccc56)cc4c23)cc1. The molecule has 0 spiro atoms. The minimum Gasteiger partial charge on any atom is -0.277 e. The van der Waals surface area contributed by atoms with E-state index >= 15 is 0 Å². The summed E-state index contributed by atoms with van der Waals surface area (Å²) in [7, 11) is 0. The van der Waals surface area contributed by atoms with Crippen molar-refractivity contribution in [1.82, 2.24) is 25.4 Å². The molecule has 0 saturated carbocycles. The molecule has 6 nitrogen and oxygen atoms in total. The first kappa shape index (κ1) is 19.2. The molecule has 2 N–H and O–H groups in total. The zero-order chi connectivity index (χ0) is 22.6. The zero-order valence-electron chi connectivity index (χ0n) is 18.2. The summed E-state index contributed by atoms with van der Waals surface area (Å²) in [4.78, 5) is 4.62. The van der Waals surface area contributed by atoms with E-state index in [9.17, 15) is 5.26 Å². The number of aromatic amines is 2. The van der Waals surface area contributed by atoms with Crippen LogP contribution in [0, 0.1) is 11.3 Å². The van der Waals surface area contributed by atoms with E-state index in [1.54, 1.807) is 0 Å². The highest BCUT2D eigenvalue weighted by Gasteiger charge is 2.20. The van der Waals surface area contributed by atoms with Gasteiger partial charge in [0.25, 0.3) is 0 Å². The molecule has 0 bridgehead atoms. The number of nitrogens with zero attached hydrogens (tertiary/aromatic N) is 4. The third-order valence-corrected chi connectivity index (χ3v) is 6.30. The molecule has 0 aliphatic carbocycles. The van der Waals surface area contributed by atoms with Gasteiger partial charge in [0.2, 0.25) is 0 Å². The van der Waals surface area contributed by atoms with Crippen LogP contribution in [-0.2, 0) is 5.41 Å². The van der Waals surface area contributed by atoms with Gasteiger partial charge < -0.3 is 0 Å². The second kappa shape index (κ2) is 7.01. The Bertz CT molecular complexity index is 1700. The Morgan fingerprint density at radius 1 is 0.788 bits per heavy atom. The first-order valence-corrected chi connectivity index (χ1v) is 10.8. The molecule has 0 radical (unpaired) electrons. The van der Waals surface area contributed by atoms with Crippen LogP contribution in [-0.4, -0.2) is 25.4 Å². The Hall–Kier alpha value is -4.50. The van der Waals surface area contributed by atoms with E-state index in [4.69, 9.17) is 0 Å². The molecule has 0 unspecified atom stereocenters. The van der Waals surface area contributed by atoms with Crippen LogP contribution < -0.4 is 0 Å². The third-order valence-electron chi connectivity index (χ3n) is 6.30. The van der Waals surface area contributed by atoms with Crippen LogP contribution in [0.3, 0.4) is 0 Å². The summed E-state index contributed by atoms with van der Waals surface area (Å²) in [5.74, 6) is 0. The van der Waals surface area contributed by atoms with Crippen molar-refractivity contribution >= 4 is 32.7 Å². The normalized spacial score (nSPS) is 11.9. The van der Waals surface area contributed by atoms with Gasteiger partial charge in [0.05, 0.1) is 39.9 Å². The number of para-hydroxylation sites is 1. The molecule has 158 valence electrons. The maximum atomic E-state index is 9.45. The van der Waals surface area contributed by atoms with Gasteiger partial charge in [-0.3, -0.25) is 15.2 Å². The van der Waals surface area contributed by atoms with Crippen molar-refractivity contribution in [3.63, 3.8) is 0 Å². The molecule has 6 heteroatoms. The number of hydrogen-bond donors (Lipinski definition) is 2. The average molecular weight is 428 g/mol. The Morgan fingerprint density at radius 2 is 1.52 bits per heavy atom. The molecule has 6 rings (SSSR count). The summed E-state index contributed by atoms with van der Waals surface area (Å²) in [6.07, 6.45) is 1.82. The number of fused-ring (bicyclic) bond motifs is 4. The maximum absolute atomic E-state index is 9.45. The molecule has 3 aromatic heterocycles. The van der Waals surface area contributed by atoms with Crippen molar-refractivity contribution in [2.45, 2.75) is 19.3 Å². The van der Waals surface area contributed by atoms with E-state index in [0.717, 1.165) is 60.8 Å². The van der Waals surface area contributed by atoms with E-state index in [0.29, 0.717) is 0 Å². The van der Waals surface area contributed by atoms with Gasteiger partial charge in [-0.05, 0) is 37.6 Å². The van der Waals surface area contributed by atoms with Crippen molar-refractivity contribution in [1.29, 1.82) is 5.26 Å². The summed E-state index contributed by atoms with van der Waals surface area (Å²) in [5.41, 5.74) is 7.01. The number of rotatable bonds is 3. The number of nitriles is 1. The van der Waals surface area contributed by atoms with Gasteiger partial charge in [-0.15, -0.1) is 0 Å². The number of hydrogen-bond acceptors (Lipinski definition) is 4. The summed E-state index contributed by atoms with van der Waals surface area (Å²) in [6.45, 7) is 3.84. The minimum atomic E-state index is -0.538. The molecule has 0 atom stereocenters. The highest BCUT2D eigenvalue weighted by atomic mass is 15.1. The fourth-order valence-corrected chi connectivity index (χ4v) is 4.35. The highest BCUT2D eigenvalue weighted by Crippen LogP contribution is 2.35. The Kier molecular flexibility index (Phi) is 4.08. The van der Waals surface area contributed by atoms with Crippen LogP contribution in [0.1, 0.15) is 19.4 Å². The number of pyridine rings is 1. The lowest BCUT2D eigenvalue weighted by atomic mass is 9.86. The van der Waals surface area contributed by atoms with E-state index in [1.165, 1.54) is 0 Å². The van der Waals surface area contributed by atoms with Gasteiger partial charge >= 0.3 is 0 Å². The molecule has 6 aromatic rings. The summed E-state index contributed by atoms with van der Waals surface area (Å²) in [6, 6.07) is 24.8. The van der Waals surface area contributed by atoms with E-state index in [2.05, 4.69) is 49.6 Å². The summed E-state index contributed by atoms with van der Waals surface area (Å²) < 4.78 is 0. The smallest absolute Gasteiger partial charge is 0.101 e. The number of H-pyrrole nitrogens is 2. The Labute approximate surface area is 189 Å². The first-order valence-electron chi connectivity index (χ1n) is 10.8. The molecule has 0 aliphatic rings. The van der Waals surface area contributed by atoms with Gasteiger partial charge in [0.15, 0.2) is 0 Å². The van der Waals surface area contributed by atoms with Crippen LogP contribution in [0.15, 0.2) is 72.9 Å². The van der Waals surface area contributed by atoms with Gasteiger partial charge in [-0.1, -0.05) is 48.5 Å². The fraction of sp³-hybridized carbons (Fsp3) is 0.111. The molecule has 33 heavy (non-hydrogen) atoms. The number of benzene rings is 3. The van der Waals surface area contributed by atoms with Crippen molar-refractivity contribution in [3.8, 4) is 28.6 Å². The van der Waals surface area contributed by atoms with Crippen molar-refractivity contribution in [2.75, 3.05) is 0 Å². The Morgan fingerprint density at radius 3 is 2.33 bits per heavy atom.